The summed E-state index contributed by atoms with van der Waals surface area (Å²) < 4.78 is 18.4. The van der Waals surface area contributed by atoms with Crippen LogP contribution < -0.4 is 5.32 Å². The molecule has 2 unspecified atom stereocenters. The maximum Gasteiger partial charge on any atom is 0.252 e. The molecular formula is C33H53N9O5. The third kappa shape index (κ3) is 9.19. The van der Waals surface area contributed by atoms with Gasteiger partial charge in [0.05, 0.1) is 19.3 Å². The van der Waals surface area contributed by atoms with Crippen LogP contribution in [-0.4, -0.2) is 98.7 Å². The minimum absolute atomic E-state index is 0.0654. The Morgan fingerprint density at radius 3 is 2.55 bits per heavy atom. The average molecular weight is 656 g/mol. The summed E-state index contributed by atoms with van der Waals surface area (Å²) in [6, 6.07) is 0. The van der Waals surface area contributed by atoms with E-state index in [1.807, 2.05) is 0 Å². The number of nitrogens with zero attached hydrogens (tertiary/aromatic N) is 8. The molecule has 1 saturated heterocycles. The molecule has 0 radical (unpaired) electrons. The first-order valence-corrected chi connectivity index (χ1v) is 17.9. The molecule has 0 bridgehead atoms. The van der Waals surface area contributed by atoms with Crippen molar-refractivity contribution >= 4 is 11.8 Å². The summed E-state index contributed by atoms with van der Waals surface area (Å²) in [6.07, 6.45) is 11.3. The van der Waals surface area contributed by atoms with Gasteiger partial charge in [-0.1, -0.05) is 35.9 Å². The molecule has 1 amide bonds. The number of carbonyl (C=O) groups excluding carboxylic acids is 1. The van der Waals surface area contributed by atoms with Crippen LogP contribution in [0, 0.1) is 17.8 Å². The van der Waals surface area contributed by atoms with Crippen LogP contribution in [0.25, 0.3) is 20.9 Å². The maximum atomic E-state index is 14.8. The maximum absolute atomic E-state index is 14.8. The lowest BCUT2D eigenvalue weighted by molar-refractivity contribution is -0.129. The Labute approximate surface area is 277 Å². The van der Waals surface area contributed by atoms with E-state index in [0.717, 1.165) is 89.4 Å². The molecule has 14 nitrogen and oxygen atoms in total. The van der Waals surface area contributed by atoms with Crippen LogP contribution in [0.15, 0.2) is 26.5 Å². The van der Waals surface area contributed by atoms with Crippen molar-refractivity contribution in [1.82, 2.24) is 10.2 Å². The Hall–Kier alpha value is -2.86. The van der Waals surface area contributed by atoms with Gasteiger partial charge in [0.15, 0.2) is 17.5 Å². The van der Waals surface area contributed by atoms with Gasteiger partial charge in [-0.3, -0.25) is 9.69 Å². The van der Waals surface area contributed by atoms with E-state index in [-0.39, 0.29) is 36.4 Å². The topological polar surface area (TPSA) is 190 Å². The molecule has 3 fully saturated rings. The lowest BCUT2D eigenvalue weighted by Crippen LogP contribution is -2.55. The second-order valence-electron chi connectivity index (χ2n) is 13.8. The number of aliphatic hydroxyl groups is 1. The third-order valence-corrected chi connectivity index (χ3v) is 10.9. The first-order valence-electron chi connectivity index (χ1n) is 17.9. The molecule has 2 N–H and O–H groups in total. The number of carbonyl (C=O) groups is 1. The molecule has 2 heterocycles. The molecule has 0 aromatic rings. The third-order valence-electron chi connectivity index (χ3n) is 10.9. The highest BCUT2D eigenvalue weighted by atomic mass is 16.5. The van der Waals surface area contributed by atoms with Gasteiger partial charge in [-0.05, 0) is 92.7 Å². The monoisotopic (exact) mass is 655 g/mol. The van der Waals surface area contributed by atoms with Crippen molar-refractivity contribution in [3.63, 3.8) is 0 Å². The molecule has 0 spiro atoms. The molecule has 5 aliphatic rings. The number of hydrogen-bond donors (Lipinski definition) is 2. The van der Waals surface area contributed by atoms with Crippen molar-refractivity contribution in [2.24, 2.45) is 33.0 Å². The van der Waals surface area contributed by atoms with E-state index >= 15 is 0 Å². The molecule has 14 heteroatoms. The number of allylic oxidation sites excluding steroid dienone is 1. The molecule has 2 saturated carbocycles. The summed E-state index contributed by atoms with van der Waals surface area (Å²) in [5.41, 5.74) is 19.0. The van der Waals surface area contributed by atoms with Gasteiger partial charge in [-0.15, -0.1) is 0 Å². The summed E-state index contributed by atoms with van der Waals surface area (Å²) in [6.45, 7) is 5.36. The number of ether oxygens (including phenoxy) is 3. The van der Waals surface area contributed by atoms with Crippen molar-refractivity contribution in [3.8, 4) is 0 Å². The largest absolute Gasteiger partial charge is 0.470 e. The standard InChI is InChI=1S/C33H53N9O5/c34-40-37-23-26-7-2-1-6-25(26)22-33(32(44)36-14-15-42-16-20-45-21-17-42)30(28-8-3-4-9-29(28)39-41-35)47-31(38-33)24-10-12-27(13-11-24)46-19-5-18-43/h24-27,30,43H,1-23H2,(H,36,44)/t24?,25?,26?,27?,30-,33-/m1/s1. The van der Waals surface area contributed by atoms with Crippen LogP contribution in [0.4, 0.5) is 0 Å². The van der Waals surface area contributed by atoms with Gasteiger partial charge in [0.1, 0.15) is 0 Å². The molecule has 47 heavy (non-hydrogen) atoms. The predicted molar refractivity (Wildman–Crippen MR) is 177 cm³/mol. The second-order valence-corrected chi connectivity index (χ2v) is 13.8. The zero-order valence-electron chi connectivity index (χ0n) is 27.8. The lowest BCUT2D eigenvalue weighted by atomic mass is 9.69. The molecule has 0 aromatic heterocycles. The SMILES string of the molecule is [N-]=[N+]=NCC1CCCCC1C[C@@]1(C(=O)NCCN2CCOCC2)N=C(C2CCC(OCCCO)CC2)O[C@@H]1C1=C(N=[N+]=[N-])CCCC1. The van der Waals surface area contributed by atoms with E-state index in [2.05, 4.69) is 30.3 Å². The number of nitrogens with one attached hydrogen (secondary N) is 1. The van der Waals surface area contributed by atoms with Crippen molar-refractivity contribution < 1.29 is 24.1 Å². The van der Waals surface area contributed by atoms with Crippen LogP contribution in [0.2, 0.25) is 0 Å². The summed E-state index contributed by atoms with van der Waals surface area (Å²) in [7, 11) is 0. The zero-order valence-corrected chi connectivity index (χ0v) is 27.8. The fraction of sp³-hybridized carbons (Fsp3) is 0.879. The number of aliphatic hydroxyl groups excluding tert-OH is 1. The molecule has 2 aliphatic heterocycles. The first-order chi connectivity index (χ1) is 23.1. The van der Waals surface area contributed by atoms with Gasteiger partial charge in [0, 0.05) is 67.4 Å². The van der Waals surface area contributed by atoms with E-state index in [1.165, 1.54) is 0 Å². The Kier molecular flexibility index (Phi) is 13.6. The molecule has 260 valence electrons. The fourth-order valence-electron chi connectivity index (χ4n) is 8.26. The lowest BCUT2D eigenvalue weighted by Gasteiger charge is -2.39. The van der Waals surface area contributed by atoms with E-state index < -0.39 is 11.6 Å². The van der Waals surface area contributed by atoms with E-state index in [0.29, 0.717) is 70.2 Å². The van der Waals surface area contributed by atoms with E-state index in [9.17, 15) is 10.3 Å². The van der Waals surface area contributed by atoms with Crippen molar-refractivity contribution in [3.05, 3.63) is 32.2 Å². The normalized spacial score (nSPS) is 31.7. The van der Waals surface area contributed by atoms with Crippen LogP contribution in [-0.2, 0) is 19.0 Å². The Balaban J connectivity index is 1.47. The number of aliphatic imine (C=N–C) groups is 1. The number of morpholine rings is 1. The first kappa shape index (κ1) is 35.4. The molecule has 4 atom stereocenters. The summed E-state index contributed by atoms with van der Waals surface area (Å²) >= 11 is 0. The minimum atomic E-state index is -1.21. The van der Waals surface area contributed by atoms with Crippen molar-refractivity contribution in [1.29, 1.82) is 0 Å². The quantitative estimate of drug-likeness (QED) is 0.100. The second kappa shape index (κ2) is 18.1. The van der Waals surface area contributed by atoms with Gasteiger partial charge in [0.25, 0.3) is 5.91 Å². The van der Waals surface area contributed by atoms with Gasteiger partial charge in [-0.2, -0.15) is 0 Å². The number of rotatable bonds is 15. The fourth-order valence-corrected chi connectivity index (χ4v) is 8.26. The summed E-state index contributed by atoms with van der Waals surface area (Å²) in [5.74, 6) is 0.860. The van der Waals surface area contributed by atoms with Crippen LogP contribution >= 0.6 is 0 Å². The van der Waals surface area contributed by atoms with E-state index in [1.54, 1.807) is 0 Å². The van der Waals surface area contributed by atoms with Crippen LogP contribution in [0.5, 0.6) is 0 Å². The Morgan fingerprint density at radius 1 is 1.04 bits per heavy atom. The average Bonchev–Trinajstić information content (AvgIpc) is 3.49. The van der Waals surface area contributed by atoms with Crippen LogP contribution in [0.1, 0.15) is 89.9 Å². The molecular weight excluding hydrogens is 602 g/mol. The zero-order chi connectivity index (χ0) is 32.9. The predicted octanol–water partition coefficient (Wildman–Crippen LogP) is 5.57. The van der Waals surface area contributed by atoms with E-state index in [4.69, 9.17) is 29.8 Å². The van der Waals surface area contributed by atoms with Gasteiger partial charge >= 0.3 is 0 Å². The van der Waals surface area contributed by atoms with Gasteiger partial charge in [0.2, 0.25) is 0 Å². The Bertz CT molecular complexity index is 1200. The number of amides is 1. The van der Waals surface area contributed by atoms with Crippen molar-refractivity contribution in [2.45, 2.75) is 108 Å². The van der Waals surface area contributed by atoms with Gasteiger partial charge < -0.3 is 24.6 Å². The smallest absolute Gasteiger partial charge is 0.252 e. The molecule has 3 aliphatic carbocycles. The van der Waals surface area contributed by atoms with Gasteiger partial charge in [-0.25, -0.2) is 4.99 Å². The summed E-state index contributed by atoms with van der Waals surface area (Å²) in [4.78, 5) is 28.7. The number of azide groups is 2. The number of hydrogen-bond acceptors (Lipinski definition) is 9. The highest BCUT2D eigenvalue weighted by Crippen LogP contribution is 2.47. The highest BCUT2D eigenvalue weighted by molar-refractivity contribution is 5.94. The molecule has 0 aromatic carbocycles. The molecule has 5 rings (SSSR count). The van der Waals surface area contributed by atoms with Crippen molar-refractivity contribution in [2.75, 3.05) is 59.2 Å². The van der Waals surface area contributed by atoms with Crippen LogP contribution in [0.3, 0.4) is 0 Å². The Morgan fingerprint density at radius 2 is 1.81 bits per heavy atom. The summed E-state index contributed by atoms with van der Waals surface area (Å²) in [5, 5.41) is 20.5. The highest BCUT2D eigenvalue weighted by Gasteiger charge is 2.56. The minimum Gasteiger partial charge on any atom is -0.470 e.